The third-order valence-electron chi connectivity index (χ3n) is 4.22. The highest BCUT2D eigenvalue weighted by molar-refractivity contribution is 5.40. The van der Waals surface area contributed by atoms with E-state index >= 15 is 0 Å². The van der Waals surface area contributed by atoms with E-state index in [9.17, 15) is 0 Å². The number of likely N-dealkylation sites (N-methyl/N-ethyl adjacent to an activating group) is 1. The first kappa shape index (κ1) is 14.1. The van der Waals surface area contributed by atoms with Crippen LogP contribution in [-0.4, -0.2) is 29.5 Å². The summed E-state index contributed by atoms with van der Waals surface area (Å²) in [4.78, 5) is 0. The third kappa shape index (κ3) is 2.81. The molecule has 1 aromatic carbocycles. The van der Waals surface area contributed by atoms with Crippen LogP contribution >= 0.6 is 0 Å². The topological polar surface area (TPSA) is 39.1 Å². The van der Waals surface area contributed by atoms with Crippen LogP contribution in [0.2, 0.25) is 0 Å². The molecule has 1 N–H and O–H groups in total. The largest absolute Gasteiger partial charge is 0.493 e. The Bertz CT molecular complexity index is 606. The van der Waals surface area contributed by atoms with Gasteiger partial charge in [0.2, 0.25) is 0 Å². The lowest BCUT2D eigenvalue weighted by atomic mass is 9.90. The van der Waals surface area contributed by atoms with Gasteiger partial charge in [0, 0.05) is 36.2 Å². The highest BCUT2D eigenvalue weighted by Crippen LogP contribution is 2.36. The van der Waals surface area contributed by atoms with Gasteiger partial charge >= 0.3 is 0 Å². The quantitative estimate of drug-likeness (QED) is 0.918. The lowest BCUT2D eigenvalue weighted by Gasteiger charge is -2.21. The fraction of sp³-hybridized carbons (Fsp3) is 0.471. The van der Waals surface area contributed by atoms with Gasteiger partial charge in [-0.1, -0.05) is 18.2 Å². The summed E-state index contributed by atoms with van der Waals surface area (Å²) in [5.41, 5.74) is 2.44. The van der Waals surface area contributed by atoms with E-state index in [1.54, 1.807) is 0 Å². The van der Waals surface area contributed by atoms with Crippen molar-refractivity contribution >= 4 is 0 Å². The summed E-state index contributed by atoms with van der Waals surface area (Å²) in [6.07, 6.45) is 2.98. The molecule has 1 aliphatic rings. The molecule has 0 saturated heterocycles. The van der Waals surface area contributed by atoms with Crippen LogP contribution in [0.3, 0.4) is 0 Å². The van der Waals surface area contributed by atoms with Gasteiger partial charge in [-0.15, -0.1) is 0 Å². The molecule has 1 aliphatic heterocycles. The Morgan fingerprint density at radius 3 is 2.86 bits per heavy atom. The summed E-state index contributed by atoms with van der Waals surface area (Å²) in [6.45, 7) is 5.04. The molecule has 21 heavy (non-hydrogen) atoms. The molecule has 0 radical (unpaired) electrons. The van der Waals surface area contributed by atoms with E-state index in [2.05, 4.69) is 54.7 Å². The average Bonchev–Trinajstić information content (AvgIpc) is 3.11. The van der Waals surface area contributed by atoms with Crippen molar-refractivity contribution in [3.05, 3.63) is 47.8 Å². The number of fused-ring (bicyclic) bond motifs is 1. The standard InChI is InChI=1S/C17H23N3O/c1-12(2)20-9-8-13(19-20)10-16(18-3)15-11-21-17-7-5-4-6-14(15)17/h4-9,12,15-16,18H,10-11H2,1-3H3. The summed E-state index contributed by atoms with van der Waals surface area (Å²) in [5.74, 6) is 1.41. The van der Waals surface area contributed by atoms with Crippen molar-refractivity contribution in [2.24, 2.45) is 0 Å². The van der Waals surface area contributed by atoms with Crippen molar-refractivity contribution in [1.29, 1.82) is 0 Å². The highest BCUT2D eigenvalue weighted by atomic mass is 16.5. The maximum Gasteiger partial charge on any atom is 0.122 e. The first-order valence-electron chi connectivity index (χ1n) is 7.62. The molecule has 2 heterocycles. The first-order valence-corrected chi connectivity index (χ1v) is 7.62. The Hall–Kier alpha value is -1.81. The number of nitrogens with one attached hydrogen (secondary N) is 1. The second kappa shape index (κ2) is 5.90. The van der Waals surface area contributed by atoms with Gasteiger partial charge in [0.15, 0.2) is 0 Å². The molecule has 0 bridgehead atoms. The number of aromatic nitrogens is 2. The monoisotopic (exact) mass is 285 g/mol. The second-order valence-electron chi connectivity index (χ2n) is 5.94. The molecule has 0 fully saturated rings. The lowest BCUT2D eigenvalue weighted by molar-refractivity contribution is 0.301. The molecule has 0 amide bonds. The molecule has 112 valence electrons. The molecular weight excluding hydrogens is 262 g/mol. The van der Waals surface area contributed by atoms with E-state index in [-0.39, 0.29) is 0 Å². The zero-order valence-electron chi connectivity index (χ0n) is 12.9. The molecule has 3 rings (SSSR count). The number of rotatable bonds is 5. The van der Waals surface area contributed by atoms with Crippen molar-refractivity contribution in [3.8, 4) is 5.75 Å². The van der Waals surface area contributed by atoms with Gasteiger partial charge < -0.3 is 10.1 Å². The molecule has 4 heteroatoms. The van der Waals surface area contributed by atoms with Crippen LogP contribution in [0.15, 0.2) is 36.5 Å². The van der Waals surface area contributed by atoms with Gasteiger partial charge in [0.25, 0.3) is 0 Å². The minimum atomic E-state index is 0.337. The van der Waals surface area contributed by atoms with E-state index in [0.717, 1.165) is 24.5 Å². The predicted octanol–water partition coefficient (Wildman–Crippen LogP) is 2.77. The normalized spacial score (nSPS) is 18.6. The summed E-state index contributed by atoms with van der Waals surface area (Å²) in [6, 6.07) is 11.2. The van der Waals surface area contributed by atoms with Gasteiger partial charge in [-0.25, -0.2) is 0 Å². The van der Waals surface area contributed by atoms with Crippen LogP contribution in [0.1, 0.15) is 37.1 Å². The van der Waals surface area contributed by atoms with Crippen LogP contribution < -0.4 is 10.1 Å². The zero-order valence-corrected chi connectivity index (χ0v) is 12.9. The van der Waals surface area contributed by atoms with Crippen LogP contribution in [0.5, 0.6) is 5.75 Å². The number of benzene rings is 1. The highest BCUT2D eigenvalue weighted by Gasteiger charge is 2.30. The van der Waals surface area contributed by atoms with Crippen molar-refractivity contribution in [1.82, 2.24) is 15.1 Å². The van der Waals surface area contributed by atoms with Gasteiger partial charge in [-0.05, 0) is 33.0 Å². The maximum absolute atomic E-state index is 5.81. The smallest absolute Gasteiger partial charge is 0.122 e. The Morgan fingerprint density at radius 1 is 1.33 bits per heavy atom. The fourth-order valence-electron chi connectivity index (χ4n) is 2.97. The van der Waals surface area contributed by atoms with Crippen LogP contribution in [0.4, 0.5) is 0 Å². The molecular formula is C17H23N3O. The van der Waals surface area contributed by atoms with Gasteiger partial charge in [-0.2, -0.15) is 5.10 Å². The van der Waals surface area contributed by atoms with Crippen LogP contribution in [-0.2, 0) is 6.42 Å². The second-order valence-corrected chi connectivity index (χ2v) is 5.94. The van der Waals surface area contributed by atoms with Crippen LogP contribution in [0, 0.1) is 0 Å². The predicted molar refractivity (Wildman–Crippen MR) is 83.8 cm³/mol. The average molecular weight is 285 g/mol. The van der Waals surface area contributed by atoms with E-state index in [1.165, 1.54) is 5.56 Å². The Kier molecular flexibility index (Phi) is 3.97. The molecule has 0 saturated carbocycles. The molecule has 0 aliphatic carbocycles. The van der Waals surface area contributed by atoms with E-state index in [0.29, 0.717) is 18.0 Å². The zero-order chi connectivity index (χ0) is 14.8. The number of hydrogen-bond acceptors (Lipinski definition) is 3. The van der Waals surface area contributed by atoms with Gasteiger partial charge in [0.1, 0.15) is 5.75 Å². The van der Waals surface area contributed by atoms with Crippen molar-refractivity contribution in [3.63, 3.8) is 0 Å². The van der Waals surface area contributed by atoms with Gasteiger partial charge in [-0.3, -0.25) is 4.68 Å². The summed E-state index contributed by atoms with van der Waals surface area (Å²) < 4.78 is 7.82. The van der Waals surface area contributed by atoms with Crippen LogP contribution in [0.25, 0.3) is 0 Å². The summed E-state index contributed by atoms with van der Waals surface area (Å²) in [7, 11) is 2.02. The van der Waals surface area contributed by atoms with E-state index in [1.807, 2.05) is 17.8 Å². The molecule has 2 atom stereocenters. The number of nitrogens with zero attached hydrogens (tertiary/aromatic N) is 2. The Balaban J connectivity index is 1.77. The Labute approximate surface area is 126 Å². The van der Waals surface area contributed by atoms with E-state index < -0.39 is 0 Å². The molecule has 2 unspecified atom stereocenters. The molecule has 0 spiro atoms. The van der Waals surface area contributed by atoms with Crippen molar-refractivity contribution < 1.29 is 4.74 Å². The van der Waals surface area contributed by atoms with E-state index in [4.69, 9.17) is 4.74 Å². The molecule has 1 aromatic heterocycles. The lowest BCUT2D eigenvalue weighted by Crippen LogP contribution is -2.35. The minimum absolute atomic E-state index is 0.337. The van der Waals surface area contributed by atoms with Gasteiger partial charge in [0.05, 0.1) is 12.3 Å². The fourth-order valence-corrected chi connectivity index (χ4v) is 2.97. The number of ether oxygens (including phenoxy) is 1. The number of hydrogen-bond donors (Lipinski definition) is 1. The summed E-state index contributed by atoms with van der Waals surface area (Å²) in [5, 5.41) is 8.10. The minimum Gasteiger partial charge on any atom is -0.493 e. The molecule has 4 nitrogen and oxygen atoms in total. The van der Waals surface area contributed by atoms with Crippen molar-refractivity contribution in [2.45, 2.75) is 38.3 Å². The SMILES string of the molecule is CNC(Cc1ccn(C(C)C)n1)C1COc2ccccc21. The Morgan fingerprint density at radius 2 is 2.14 bits per heavy atom. The first-order chi connectivity index (χ1) is 10.2. The summed E-state index contributed by atoms with van der Waals surface area (Å²) >= 11 is 0. The van der Waals surface area contributed by atoms with Crippen molar-refractivity contribution in [2.75, 3.05) is 13.7 Å². The maximum atomic E-state index is 5.81. The third-order valence-corrected chi connectivity index (χ3v) is 4.22. The molecule has 2 aromatic rings. The number of para-hydroxylation sites is 1.